The molecular weight excluding hydrogens is 236 g/mol. The van der Waals surface area contributed by atoms with E-state index in [1.165, 1.54) is 44.9 Å². The van der Waals surface area contributed by atoms with Crippen LogP contribution < -0.4 is 9.80 Å². The van der Waals surface area contributed by atoms with Crippen LogP contribution in [0.2, 0.25) is 0 Å². The van der Waals surface area contributed by atoms with Crippen molar-refractivity contribution < 1.29 is 0 Å². The molecule has 1 aromatic heterocycles. The van der Waals surface area contributed by atoms with Gasteiger partial charge in [-0.3, -0.25) is 0 Å². The highest BCUT2D eigenvalue weighted by Crippen LogP contribution is 2.21. The zero-order chi connectivity index (χ0) is 12.9. The van der Waals surface area contributed by atoms with Crippen LogP contribution in [0.15, 0.2) is 12.3 Å². The molecule has 3 rings (SSSR count). The van der Waals surface area contributed by atoms with Gasteiger partial charge >= 0.3 is 0 Å². The Kier molecular flexibility index (Phi) is 4.16. The van der Waals surface area contributed by atoms with Crippen molar-refractivity contribution in [2.24, 2.45) is 0 Å². The van der Waals surface area contributed by atoms with E-state index in [2.05, 4.69) is 20.9 Å². The first-order valence-corrected chi connectivity index (χ1v) is 7.76. The van der Waals surface area contributed by atoms with E-state index >= 15 is 0 Å². The molecule has 1 aromatic rings. The summed E-state index contributed by atoms with van der Waals surface area (Å²) in [6.45, 7) is 4.53. The summed E-state index contributed by atoms with van der Waals surface area (Å²) in [5.74, 6) is 2.05. The third-order valence-electron chi connectivity index (χ3n) is 4.20. The molecule has 19 heavy (non-hydrogen) atoms. The summed E-state index contributed by atoms with van der Waals surface area (Å²) < 4.78 is 0. The van der Waals surface area contributed by atoms with Gasteiger partial charge in [0, 0.05) is 32.4 Å². The fraction of sp³-hybridized carbons (Fsp3) is 0.733. The highest BCUT2D eigenvalue weighted by atomic mass is 15.3. The van der Waals surface area contributed by atoms with E-state index in [1.807, 2.05) is 6.20 Å². The van der Waals surface area contributed by atoms with E-state index in [-0.39, 0.29) is 0 Å². The summed E-state index contributed by atoms with van der Waals surface area (Å²) in [6, 6.07) is 2.06. The molecule has 4 heteroatoms. The van der Waals surface area contributed by atoms with Crippen LogP contribution in [0.1, 0.15) is 44.9 Å². The summed E-state index contributed by atoms with van der Waals surface area (Å²) in [4.78, 5) is 14.1. The normalized spacial score (nSPS) is 21.3. The van der Waals surface area contributed by atoms with Crippen LogP contribution in [-0.2, 0) is 0 Å². The Labute approximate surface area is 115 Å². The van der Waals surface area contributed by atoms with E-state index in [4.69, 9.17) is 4.98 Å². The minimum Gasteiger partial charge on any atom is -0.356 e. The molecule has 0 aromatic carbocycles. The molecule has 4 nitrogen and oxygen atoms in total. The molecule has 104 valence electrons. The molecule has 2 saturated heterocycles. The van der Waals surface area contributed by atoms with Crippen LogP contribution in [0.3, 0.4) is 0 Å². The second-order valence-electron chi connectivity index (χ2n) is 5.66. The van der Waals surface area contributed by atoms with Gasteiger partial charge in [-0.15, -0.1) is 0 Å². The number of rotatable bonds is 2. The molecule has 2 aliphatic rings. The molecule has 0 N–H and O–H groups in total. The number of piperidine rings is 1. The minimum absolute atomic E-state index is 0.935. The standard InChI is InChI=1S/C15H24N4/c1-2-5-13-19(12-4-1)15-16-9-8-14(17-15)18-10-6-3-7-11-18/h8-9H,1-7,10-13H2. The SMILES string of the molecule is c1cc(N2CCCCC2)nc(N2CCCCCC2)n1. The molecule has 0 spiro atoms. The second kappa shape index (κ2) is 6.22. The molecule has 0 saturated carbocycles. The van der Waals surface area contributed by atoms with Gasteiger partial charge in [0.2, 0.25) is 5.95 Å². The maximum absolute atomic E-state index is 4.80. The molecule has 0 amide bonds. The van der Waals surface area contributed by atoms with Gasteiger partial charge in [-0.1, -0.05) is 12.8 Å². The molecule has 3 heterocycles. The number of anilines is 2. The average Bonchev–Trinajstić information content (AvgIpc) is 2.77. The van der Waals surface area contributed by atoms with Crippen molar-refractivity contribution in [3.05, 3.63) is 12.3 Å². The Morgan fingerprint density at radius 1 is 0.737 bits per heavy atom. The first-order valence-electron chi connectivity index (χ1n) is 7.76. The highest BCUT2D eigenvalue weighted by Gasteiger charge is 2.16. The van der Waals surface area contributed by atoms with E-state index in [0.717, 1.165) is 37.9 Å². The maximum atomic E-state index is 4.80. The predicted molar refractivity (Wildman–Crippen MR) is 78.8 cm³/mol. The van der Waals surface area contributed by atoms with Crippen molar-refractivity contribution in [2.45, 2.75) is 44.9 Å². The summed E-state index contributed by atoms with van der Waals surface area (Å²) >= 11 is 0. The molecule has 0 radical (unpaired) electrons. The fourth-order valence-corrected chi connectivity index (χ4v) is 3.06. The van der Waals surface area contributed by atoms with Crippen molar-refractivity contribution in [1.82, 2.24) is 9.97 Å². The Morgan fingerprint density at radius 2 is 1.32 bits per heavy atom. The summed E-state index contributed by atoms with van der Waals surface area (Å²) in [7, 11) is 0. The Morgan fingerprint density at radius 3 is 2.00 bits per heavy atom. The van der Waals surface area contributed by atoms with Gasteiger partial charge in [-0.05, 0) is 38.2 Å². The molecule has 0 bridgehead atoms. The van der Waals surface area contributed by atoms with Gasteiger partial charge in [0.1, 0.15) is 5.82 Å². The van der Waals surface area contributed by atoms with Crippen molar-refractivity contribution in [3.8, 4) is 0 Å². The van der Waals surface area contributed by atoms with Crippen LogP contribution in [0.4, 0.5) is 11.8 Å². The van der Waals surface area contributed by atoms with Crippen molar-refractivity contribution in [2.75, 3.05) is 36.0 Å². The van der Waals surface area contributed by atoms with Gasteiger partial charge in [-0.2, -0.15) is 4.98 Å². The predicted octanol–water partition coefficient (Wildman–Crippen LogP) is 2.85. The van der Waals surface area contributed by atoms with Crippen molar-refractivity contribution in [1.29, 1.82) is 0 Å². The van der Waals surface area contributed by atoms with Crippen LogP contribution in [-0.4, -0.2) is 36.1 Å². The van der Waals surface area contributed by atoms with Gasteiger partial charge in [0.05, 0.1) is 0 Å². The lowest BCUT2D eigenvalue weighted by Crippen LogP contribution is -2.31. The smallest absolute Gasteiger partial charge is 0.227 e. The van der Waals surface area contributed by atoms with Gasteiger partial charge in [-0.25, -0.2) is 4.98 Å². The summed E-state index contributed by atoms with van der Waals surface area (Å²) in [5.41, 5.74) is 0. The van der Waals surface area contributed by atoms with E-state index in [0.29, 0.717) is 0 Å². The van der Waals surface area contributed by atoms with E-state index in [9.17, 15) is 0 Å². The van der Waals surface area contributed by atoms with E-state index < -0.39 is 0 Å². The number of hydrogen-bond donors (Lipinski definition) is 0. The molecule has 0 aliphatic carbocycles. The third kappa shape index (κ3) is 3.17. The highest BCUT2D eigenvalue weighted by molar-refractivity contribution is 5.44. The molecule has 2 fully saturated rings. The van der Waals surface area contributed by atoms with Crippen LogP contribution in [0.25, 0.3) is 0 Å². The van der Waals surface area contributed by atoms with Gasteiger partial charge in [0.15, 0.2) is 0 Å². The lowest BCUT2D eigenvalue weighted by Gasteiger charge is -2.28. The van der Waals surface area contributed by atoms with Gasteiger partial charge in [0.25, 0.3) is 0 Å². The van der Waals surface area contributed by atoms with Crippen LogP contribution >= 0.6 is 0 Å². The quantitative estimate of drug-likeness (QED) is 0.818. The third-order valence-corrected chi connectivity index (χ3v) is 4.20. The molecule has 0 unspecified atom stereocenters. The van der Waals surface area contributed by atoms with E-state index in [1.54, 1.807) is 0 Å². The van der Waals surface area contributed by atoms with Crippen molar-refractivity contribution >= 4 is 11.8 Å². The zero-order valence-electron chi connectivity index (χ0n) is 11.7. The Balaban J connectivity index is 1.74. The van der Waals surface area contributed by atoms with Crippen molar-refractivity contribution in [3.63, 3.8) is 0 Å². The van der Waals surface area contributed by atoms with Gasteiger partial charge < -0.3 is 9.80 Å². The monoisotopic (exact) mass is 260 g/mol. The molecule has 0 atom stereocenters. The minimum atomic E-state index is 0.935. The Bertz CT molecular complexity index is 393. The Hall–Kier alpha value is -1.32. The average molecular weight is 260 g/mol. The lowest BCUT2D eigenvalue weighted by molar-refractivity contribution is 0.572. The fourth-order valence-electron chi connectivity index (χ4n) is 3.06. The number of nitrogens with zero attached hydrogens (tertiary/aromatic N) is 4. The second-order valence-corrected chi connectivity index (χ2v) is 5.66. The zero-order valence-corrected chi connectivity index (χ0v) is 11.7. The van der Waals surface area contributed by atoms with Crippen LogP contribution in [0.5, 0.6) is 0 Å². The lowest BCUT2D eigenvalue weighted by atomic mass is 10.1. The summed E-state index contributed by atoms with van der Waals surface area (Å²) in [5, 5.41) is 0. The van der Waals surface area contributed by atoms with Crippen LogP contribution in [0, 0.1) is 0 Å². The topological polar surface area (TPSA) is 32.3 Å². The number of hydrogen-bond acceptors (Lipinski definition) is 4. The maximum Gasteiger partial charge on any atom is 0.227 e. The number of aromatic nitrogens is 2. The first kappa shape index (κ1) is 12.7. The molecular formula is C15H24N4. The first-order chi connectivity index (χ1) is 9.43. The molecule has 2 aliphatic heterocycles. The largest absolute Gasteiger partial charge is 0.356 e. The summed E-state index contributed by atoms with van der Waals surface area (Å²) in [6.07, 6.45) is 11.1.